The number of anilines is 3. The number of amides is 1. The quantitative estimate of drug-likeness (QED) is 0.404. The molecule has 0 aliphatic carbocycles. The zero-order valence-corrected chi connectivity index (χ0v) is 19.9. The van der Waals surface area contributed by atoms with Crippen LogP contribution >= 0.6 is 0 Å². The number of nitrogens with one attached hydrogen (secondary N) is 2. The van der Waals surface area contributed by atoms with Crippen molar-refractivity contribution in [3.05, 3.63) is 72.4 Å². The van der Waals surface area contributed by atoms with Gasteiger partial charge in [-0.15, -0.1) is 10.2 Å². The molecule has 5 rings (SSSR count). The minimum Gasteiger partial charge on any atom is -0.378 e. The summed E-state index contributed by atoms with van der Waals surface area (Å²) in [7, 11) is 0. The molecule has 2 aromatic heterocycles. The van der Waals surface area contributed by atoms with Gasteiger partial charge in [0.25, 0.3) is 0 Å². The van der Waals surface area contributed by atoms with Crippen LogP contribution in [0.25, 0.3) is 16.7 Å². The zero-order chi connectivity index (χ0) is 24.0. The van der Waals surface area contributed by atoms with Crippen molar-refractivity contribution in [1.29, 1.82) is 0 Å². The summed E-state index contributed by atoms with van der Waals surface area (Å²) in [5.41, 5.74) is 4.12. The van der Waals surface area contributed by atoms with Gasteiger partial charge in [0.2, 0.25) is 5.91 Å². The first kappa shape index (κ1) is 22.9. The molecule has 180 valence electrons. The van der Waals surface area contributed by atoms with Gasteiger partial charge in [-0.25, -0.2) is 0 Å². The summed E-state index contributed by atoms with van der Waals surface area (Å²) in [6.45, 7) is 6.10. The number of rotatable bonds is 8. The third-order valence-electron chi connectivity index (χ3n) is 6.13. The molecule has 8 nitrogen and oxygen atoms in total. The SMILES string of the molecule is CCCNC(=O)Cc1cn(-c2ccc(Nc3ccc(N4CCOCC4)cc3)nn2)c2ccccc12. The Labute approximate surface area is 204 Å². The molecule has 8 heteroatoms. The van der Waals surface area contributed by atoms with Crippen LogP contribution in [-0.4, -0.2) is 53.5 Å². The lowest BCUT2D eigenvalue weighted by atomic mass is 10.1. The maximum Gasteiger partial charge on any atom is 0.224 e. The molecule has 0 spiro atoms. The van der Waals surface area contributed by atoms with Gasteiger partial charge in [0.1, 0.15) is 0 Å². The van der Waals surface area contributed by atoms with E-state index in [1.54, 1.807) is 0 Å². The summed E-state index contributed by atoms with van der Waals surface area (Å²) in [5.74, 6) is 1.40. The third-order valence-corrected chi connectivity index (χ3v) is 6.13. The molecule has 1 aliphatic rings. The molecule has 1 amide bonds. The van der Waals surface area contributed by atoms with Gasteiger partial charge < -0.3 is 20.3 Å². The summed E-state index contributed by atoms with van der Waals surface area (Å²) in [5, 5.41) is 16.2. The molecular weight excluding hydrogens is 440 g/mol. The second-order valence-electron chi connectivity index (χ2n) is 8.62. The van der Waals surface area contributed by atoms with Crippen molar-refractivity contribution in [2.45, 2.75) is 19.8 Å². The number of benzene rings is 2. The molecule has 1 fully saturated rings. The average Bonchev–Trinajstić information content (AvgIpc) is 3.27. The molecule has 35 heavy (non-hydrogen) atoms. The van der Waals surface area contributed by atoms with Gasteiger partial charge >= 0.3 is 0 Å². The monoisotopic (exact) mass is 470 g/mol. The van der Waals surface area contributed by atoms with Crippen LogP contribution in [0.5, 0.6) is 0 Å². The number of carbonyl (C=O) groups excluding carboxylic acids is 1. The highest BCUT2D eigenvalue weighted by Crippen LogP contribution is 2.25. The van der Waals surface area contributed by atoms with Crippen LogP contribution in [0.15, 0.2) is 66.9 Å². The number of hydrogen-bond acceptors (Lipinski definition) is 6. The van der Waals surface area contributed by atoms with Crippen molar-refractivity contribution in [3.8, 4) is 5.82 Å². The van der Waals surface area contributed by atoms with Gasteiger partial charge in [-0.05, 0) is 54.4 Å². The second-order valence-corrected chi connectivity index (χ2v) is 8.62. The topological polar surface area (TPSA) is 84.3 Å². The molecule has 1 aliphatic heterocycles. The lowest BCUT2D eigenvalue weighted by Gasteiger charge is -2.28. The lowest BCUT2D eigenvalue weighted by Crippen LogP contribution is -2.36. The predicted octanol–water partition coefficient (Wildman–Crippen LogP) is 4.07. The summed E-state index contributed by atoms with van der Waals surface area (Å²) in [6, 6.07) is 20.2. The normalized spacial score (nSPS) is 13.7. The van der Waals surface area contributed by atoms with Crippen molar-refractivity contribution < 1.29 is 9.53 Å². The van der Waals surface area contributed by atoms with E-state index in [9.17, 15) is 4.79 Å². The Hall–Kier alpha value is -3.91. The maximum absolute atomic E-state index is 12.3. The van der Waals surface area contributed by atoms with E-state index in [1.165, 1.54) is 5.69 Å². The molecular formula is C27H30N6O2. The maximum atomic E-state index is 12.3. The highest BCUT2D eigenvalue weighted by Gasteiger charge is 2.14. The minimum absolute atomic E-state index is 0.0278. The first-order chi connectivity index (χ1) is 17.2. The van der Waals surface area contributed by atoms with E-state index >= 15 is 0 Å². The summed E-state index contributed by atoms with van der Waals surface area (Å²) < 4.78 is 7.42. The molecule has 0 bridgehead atoms. The van der Waals surface area contributed by atoms with Crippen molar-refractivity contribution in [2.24, 2.45) is 0 Å². The van der Waals surface area contributed by atoms with E-state index in [0.717, 1.165) is 54.9 Å². The zero-order valence-electron chi connectivity index (χ0n) is 19.9. The Balaban J connectivity index is 1.31. The van der Waals surface area contributed by atoms with Gasteiger partial charge in [0, 0.05) is 42.6 Å². The van der Waals surface area contributed by atoms with E-state index in [2.05, 4.69) is 50.0 Å². The molecule has 1 saturated heterocycles. The number of carbonyl (C=O) groups is 1. The van der Waals surface area contributed by atoms with E-state index in [1.807, 2.05) is 54.1 Å². The fourth-order valence-electron chi connectivity index (χ4n) is 4.33. The number of fused-ring (bicyclic) bond motifs is 1. The van der Waals surface area contributed by atoms with Crippen LogP contribution in [0.4, 0.5) is 17.2 Å². The molecule has 3 heterocycles. The first-order valence-corrected chi connectivity index (χ1v) is 12.1. The predicted molar refractivity (Wildman–Crippen MR) is 139 cm³/mol. The van der Waals surface area contributed by atoms with Gasteiger partial charge in [0.15, 0.2) is 11.6 Å². The van der Waals surface area contributed by atoms with Crippen molar-refractivity contribution in [1.82, 2.24) is 20.1 Å². The first-order valence-electron chi connectivity index (χ1n) is 12.1. The number of para-hydroxylation sites is 1. The van der Waals surface area contributed by atoms with Crippen LogP contribution < -0.4 is 15.5 Å². The Morgan fingerprint density at radius 2 is 1.80 bits per heavy atom. The van der Waals surface area contributed by atoms with Gasteiger partial charge in [-0.2, -0.15) is 0 Å². The van der Waals surface area contributed by atoms with E-state index < -0.39 is 0 Å². The largest absolute Gasteiger partial charge is 0.378 e. The van der Waals surface area contributed by atoms with Crippen LogP contribution in [0.3, 0.4) is 0 Å². The van der Waals surface area contributed by atoms with Gasteiger partial charge in [-0.3, -0.25) is 9.36 Å². The van der Waals surface area contributed by atoms with Crippen molar-refractivity contribution in [3.63, 3.8) is 0 Å². The van der Waals surface area contributed by atoms with Crippen LogP contribution in [0, 0.1) is 0 Å². The van der Waals surface area contributed by atoms with E-state index in [0.29, 0.717) is 24.6 Å². The van der Waals surface area contributed by atoms with Crippen molar-refractivity contribution in [2.75, 3.05) is 43.1 Å². The van der Waals surface area contributed by atoms with Gasteiger partial charge in [-0.1, -0.05) is 25.1 Å². The molecule has 2 aromatic carbocycles. The number of nitrogens with zero attached hydrogens (tertiary/aromatic N) is 4. The smallest absolute Gasteiger partial charge is 0.224 e. The molecule has 0 unspecified atom stereocenters. The second kappa shape index (κ2) is 10.6. The highest BCUT2D eigenvalue weighted by atomic mass is 16.5. The molecule has 0 atom stereocenters. The van der Waals surface area contributed by atoms with Crippen LogP contribution in [0.2, 0.25) is 0 Å². The molecule has 0 radical (unpaired) electrons. The number of ether oxygens (including phenoxy) is 1. The lowest BCUT2D eigenvalue weighted by molar-refractivity contribution is -0.120. The summed E-state index contributed by atoms with van der Waals surface area (Å²) in [6.07, 6.45) is 3.24. The molecule has 4 aromatic rings. The fraction of sp³-hybridized carbons (Fsp3) is 0.296. The minimum atomic E-state index is 0.0278. The molecule has 0 saturated carbocycles. The summed E-state index contributed by atoms with van der Waals surface area (Å²) >= 11 is 0. The Morgan fingerprint density at radius 3 is 2.54 bits per heavy atom. The van der Waals surface area contributed by atoms with Gasteiger partial charge in [0.05, 0.1) is 25.2 Å². The van der Waals surface area contributed by atoms with Crippen LogP contribution in [0.1, 0.15) is 18.9 Å². The average molecular weight is 471 g/mol. The summed E-state index contributed by atoms with van der Waals surface area (Å²) in [4.78, 5) is 14.6. The Bertz CT molecular complexity index is 1280. The number of morpholine rings is 1. The fourth-order valence-corrected chi connectivity index (χ4v) is 4.33. The van der Waals surface area contributed by atoms with E-state index in [4.69, 9.17) is 4.74 Å². The van der Waals surface area contributed by atoms with Crippen molar-refractivity contribution >= 4 is 34.0 Å². The van der Waals surface area contributed by atoms with E-state index in [-0.39, 0.29) is 5.91 Å². The van der Waals surface area contributed by atoms with Crippen LogP contribution in [-0.2, 0) is 16.0 Å². The highest BCUT2D eigenvalue weighted by molar-refractivity contribution is 5.90. The third kappa shape index (κ3) is 5.27. The number of hydrogen-bond donors (Lipinski definition) is 2. The Morgan fingerprint density at radius 1 is 1.00 bits per heavy atom. The Kier molecular flexibility index (Phi) is 6.90. The molecule has 2 N–H and O–H groups in total. The number of aromatic nitrogens is 3. The standard InChI is InChI=1S/C27H30N6O2/c1-2-13-28-27(34)18-20-19-33(24-6-4-3-5-23(20)24)26-12-11-25(30-31-26)29-21-7-9-22(10-8-21)32-14-16-35-17-15-32/h3-12,19H,2,13-18H2,1H3,(H,28,34)(H,29,30).